The normalized spacial score (nSPS) is 21.9. The molecule has 2 rings (SSSR count). The molecule has 1 aliphatic heterocycles. The van der Waals surface area contributed by atoms with Crippen LogP contribution in [0, 0.1) is 17.0 Å². The van der Waals surface area contributed by atoms with Gasteiger partial charge in [0.05, 0.1) is 17.1 Å². The first-order valence-corrected chi connectivity index (χ1v) is 6.80. The minimum atomic E-state index is -0.347. The molecule has 110 valence electrons. The number of rotatable bonds is 6. The molecular formula is C14H21N3O3. The minimum Gasteiger partial charge on any atom is -0.383 e. The van der Waals surface area contributed by atoms with Crippen molar-refractivity contribution in [1.29, 1.82) is 0 Å². The second kappa shape index (κ2) is 6.19. The Balaban J connectivity index is 2.15. The van der Waals surface area contributed by atoms with E-state index in [0.717, 1.165) is 24.9 Å². The highest BCUT2D eigenvalue weighted by atomic mass is 16.6. The van der Waals surface area contributed by atoms with E-state index in [-0.39, 0.29) is 16.1 Å². The number of nitrogens with zero attached hydrogens (tertiary/aromatic N) is 1. The van der Waals surface area contributed by atoms with Gasteiger partial charge in [-0.2, -0.15) is 0 Å². The molecule has 1 aromatic carbocycles. The van der Waals surface area contributed by atoms with Crippen LogP contribution in [0.2, 0.25) is 0 Å². The largest absolute Gasteiger partial charge is 0.383 e. The predicted molar refractivity (Wildman–Crippen MR) is 78.2 cm³/mol. The van der Waals surface area contributed by atoms with Crippen LogP contribution in [0.4, 0.5) is 11.4 Å². The monoisotopic (exact) mass is 279 g/mol. The average molecular weight is 279 g/mol. The molecule has 6 nitrogen and oxygen atoms in total. The van der Waals surface area contributed by atoms with Gasteiger partial charge >= 0.3 is 0 Å². The van der Waals surface area contributed by atoms with E-state index in [2.05, 4.69) is 10.6 Å². The van der Waals surface area contributed by atoms with Gasteiger partial charge in [0.15, 0.2) is 0 Å². The number of para-hydroxylation sites is 1. The molecule has 1 atom stereocenters. The lowest BCUT2D eigenvalue weighted by atomic mass is 9.98. The SMILES string of the molecule is COCC1(CNc2c(C)cccc2[N+](=O)[O-])CCCN1. The van der Waals surface area contributed by atoms with Gasteiger partial charge in [0.1, 0.15) is 5.69 Å². The number of hydrogen-bond donors (Lipinski definition) is 2. The van der Waals surface area contributed by atoms with Gasteiger partial charge in [-0.05, 0) is 31.9 Å². The van der Waals surface area contributed by atoms with E-state index in [1.165, 1.54) is 6.07 Å². The Hall–Kier alpha value is -1.66. The summed E-state index contributed by atoms with van der Waals surface area (Å²) in [7, 11) is 1.68. The Morgan fingerprint density at radius 3 is 2.95 bits per heavy atom. The van der Waals surface area contributed by atoms with E-state index in [4.69, 9.17) is 4.74 Å². The molecule has 1 aliphatic rings. The highest BCUT2D eigenvalue weighted by molar-refractivity contribution is 5.66. The maximum absolute atomic E-state index is 11.1. The van der Waals surface area contributed by atoms with Crippen molar-refractivity contribution in [2.45, 2.75) is 25.3 Å². The van der Waals surface area contributed by atoms with Crippen LogP contribution in [0.5, 0.6) is 0 Å². The van der Waals surface area contributed by atoms with Crippen LogP contribution in [-0.4, -0.2) is 37.3 Å². The molecule has 1 heterocycles. The Kier molecular flexibility index (Phi) is 4.57. The second-order valence-corrected chi connectivity index (χ2v) is 5.32. The van der Waals surface area contributed by atoms with Crippen molar-refractivity contribution in [2.24, 2.45) is 0 Å². The second-order valence-electron chi connectivity index (χ2n) is 5.32. The Morgan fingerprint density at radius 1 is 1.55 bits per heavy atom. The van der Waals surface area contributed by atoms with Crippen molar-refractivity contribution in [3.05, 3.63) is 33.9 Å². The third-order valence-corrected chi connectivity index (χ3v) is 3.80. The molecule has 1 unspecified atom stereocenters. The van der Waals surface area contributed by atoms with E-state index in [1.54, 1.807) is 13.2 Å². The quantitative estimate of drug-likeness (QED) is 0.616. The van der Waals surface area contributed by atoms with Crippen LogP contribution in [0.3, 0.4) is 0 Å². The van der Waals surface area contributed by atoms with E-state index in [9.17, 15) is 10.1 Å². The number of benzene rings is 1. The highest BCUT2D eigenvalue weighted by Gasteiger charge is 2.34. The lowest BCUT2D eigenvalue weighted by Crippen LogP contribution is -2.49. The van der Waals surface area contributed by atoms with Crippen LogP contribution in [-0.2, 0) is 4.74 Å². The number of aryl methyl sites for hydroxylation is 1. The number of nitrogens with one attached hydrogen (secondary N) is 2. The molecule has 0 amide bonds. The number of anilines is 1. The first-order chi connectivity index (χ1) is 9.58. The summed E-state index contributed by atoms with van der Waals surface area (Å²) in [6.45, 7) is 4.05. The summed E-state index contributed by atoms with van der Waals surface area (Å²) < 4.78 is 5.29. The summed E-state index contributed by atoms with van der Waals surface area (Å²) in [5.41, 5.74) is 1.47. The van der Waals surface area contributed by atoms with Crippen molar-refractivity contribution >= 4 is 11.4 Å². The number of methoxy groups -OCH3 is 1. The molecule has 20 heavy (non-hydrogen) atoms. The molecule has 1 saturated heterocycles. The Morgan fingerprint density at radius 2 is 2.35 bits per heavy atom. The fourth-order valence-corrected chi connectivity index (χ4v) is 2.76. The molecule has 0 bridgehead atoms. The number of hydrogen-bond acceptors (Lipinski definition) is 5. The van der Waals surface area contributed by atoms with Gasteiger partial charge < -0.3 is 15.4 Å². The van der Waals surface area contributed by atoms with Crippen molar-refractivity contribution in [3.8, 4) is 0 Å². The molecule has 0 spiro atoms. The minimum absolute atomic E-state index is 0.121. The Bertz CT molecular complexity index is 485. The molecule has 1 fully saturated rings. The van der Waals surface area contributed by atoms with Crippen LogP contribution < -0.4 is 10.6 Å². The summed E-state index contributed by atoms with van der Waals surface area (Å²) in [6.07, 6.45) is 2.11. The van der Waals surface area contributed by atoms with E-state index >= 15 is 0 Å². The Labute approximate surface area is 118 Å². The lowest BCUT2D eigenvalue weighted by Gasteiger charge is -2.29. The van der Waals surface area contributed by atoms with Crippen LogP contribution >= 0.6 is 0 Å². The fourth-order valence-electron chi connectivity index (χ4n) is 2.76. The summed E-state index contributed by atoms with van der Waals surface area (Å²) in [4.78, 5) is 10.8. The van der Waals surface area contributed by atoms with Gasteiger partial charge in [-0.1, -0.05) is 12.1 Å². The third-order valence-electron chi connectivity index (χ3n) is 3.80. The summed E-state index contributed by atoms with van der Waals surface area (Å²) >= 11 is 0. The lowest BCUT2D eigenvalue weighted by molar-refractivity contribution is -0.384. The van der Waals surface area contributed by atoms with E-state index in [0.29, 0.717) is 18.8 Å². The third kappa shape index (κ3) is 3.08. The van der Waals surface area contributed by atoms with E-state index < -0.39 is 0 Å². The molecular weight excluding hydrogens is 258 g/mol. The summed E-state index contributed by atoms with van der Waals surface area (Å²) in [5, 5.41) is 17.8. The molecule has 2 N–H and O–H groups in total. The number of nitro groups is 1. The zero-order valence-corrected chi connectivity index (χ0v) is 11.9. The topological polar surface area (TPSA) is 76.4 Å². The van der Waals surface area contributed by atoms with Crippen LogP contribution in [0.1, 0.15) is 18.4 Å². The fraction of sp³-hybridized carbons (Fsp3) is 0.571. The number of ether oxygens (including phenoxy) is 1. The smallest absolute Gasteiger partial charge is 0.292 e. The molecule has 0 saturated carbocycles. The maximum Gasteiger partial charge on any atom is 0.292 e. The first-order valence-electron chi connectivity index (χ1n) is 6.80. The molecule has 0 aliphatic carbocycles. The van der Waals surface area contributed by atoms with E-state index in [1.807, 2.05) is 13.0 Å². The van der Waals surface area contributed by atoms with Crippen molar-refractivity contribution in [2.75, 3.05) is 32.1 Å². The van der Waals surface area contributed by atoms with Crippen molar-refractivity contribution in [3.63, 3.8) is 0 Å². The average Bonchev–Trinajstić information content (AvgIpc) is 2.86. The first kappa shape index (κ1) is 14.7. The van der Waals surface area contributed by atoms with Crippen molar-refractivity contribution in [1.82, 2.24) is 5.32 Å². The summed E-state index contributed by atoms with van der Waals surface area (Å²) in [5.74, 6) is 0. The van der Waals surface area contributed by atoms with Gasteiger partial charge in [0.25, 0.3) is 5.69 Å². The molecule has 0 aromatic heterocycles. The van der Waals surface area contributed by atoms with Gasteiger partial charge in [0.2, 0.25) is 0 Å². The van der Waals surface area contributed by atoms with Crippen LogP contribution in [0.15, 0.2) is 18.2 Å². The molecule has 6 heteroatoms. The summed E-state index contributed by atoms with van der Waals surface area (Å²) in [6, 6.07) is 5.11. The van der Waals surface area contributed by atoms with Gasteiger partial charge in [-0.25, -0.2) is 0 Å². The zero-order chi connectivity index (χ0) is 14.6. The van der Waals surface area contributed by atoms with Gasteiger partial charge in [-0.3, -0.25) is 10.1 Å². The zero-order valence-electron chi connectivity index (χ0n) is 11.9. The standard InChI is InChI=1S/C14H21N3O3/c1-11-5-3-6-12(17(18)19)13(11)15-9-14(10-20-2)7-4-8-16-14/h3,5-6,15-16H,4,7-10H2,1-2H3. The molecule has 0 radical (unpaired) electrons. The highest BCUT2D eigenvalue weighted by Crippen LogP contribution is 2.29. The maximum atomic E-state index is 11.1. The van der Waals surface area contributed by atoms with Crippen LogP contribution in [0.25, 0.3) is 0 Å². The molecule has 1 aromatic rings. The predicted octanol–water partition coefficient (Wildman–Crippen LogP) is 2.08. The number of nitro benzene ring substituents is 1. The van der Waals surface area contributed by atoms with Crippen molar-refractivity contribution < 1.29 is 9.66 Å². The van der Waals surface area contributed by atoms with Gasteiger partial charge in [0, 0.05) is 19.7 Å². The van der Waals surface area contributed by atoms with Gasteiger partial charge in [-0.15, -0.1) is 0 Å².